The number of halogens is 1. The molecule has 0 aromatic heterocycles. The summed E-state index contributed by atoms with van der Waals surface area (Å²) in [6.45, 7) is 5.53. The molecule has 2 aliphatic rings. The predicted octanol–water partition coefficient (Wildman–Crippen LogP) is 5.06. The molecule has 0 unspecified atom stereocenters. The fraction of sp³-hybridized carbons (Fsp3) is 0.600. The Balaban J connectivity index is 2.19. The van der Waals surface area contributed by atoms with Crippen molar-refractivity contribution in [3.8, 4) is 0 Å². The lowest BCUT2D eigenvalue weighted by atomic mass is 9.75. The zero-order chi connectivity index (χ0) is 19.8. The van der Waals surface area contributed by atoms with Gasteiger partial charge in [0.25, 0.3) is 0 Å². The van der Waals surface area contributed by atoms with Crippen molar-refractivity contribution in [1.82, 2.24) is 4.90 Å². The van der Waals surface area contributed by atoms with Crippen molar-refractivity contribution in [2.45, 2.75) is 64.0 Å². The van der Waals surface area contributed by atoms with Crippen LogP contribution in [0.15, 0.2) is 23.2 Å². The van der Waals surface area contributed by atoms with Crippen LogP contribution >= 0.6 is 11.8 Å². The SMILES string of the molecule is CC(C)(C)N(C(=O)O)C1=N[C@@]2(c3cc(N)ccc3F)CCCCC[C@H]2CS1. The number of thioether (sulfide) groups is 1. The first-order valence-electron chi connectivity index (χ1n) is 9.46. The van der Waals surface area contributed by atoms with Gasteiger partial charge in [0.15, 0.2) is 5.17 Å². The first kappa shape index (κ1) is 20.0. The number of amidine groups is 1. The molecule has 2 atom stereocenters. The molecule has 1 amide bonds. The number of nitrogens with two attached hydrogens (primary N) is 1. The monoisotopic (exact) mass is 393 g/mol. The fourth-order valence-corrected chi connectivity index (χ4v) is 5.71. The summed E-state index contributed by atoms with van der Waals surface area (Å²) in [4.78, 5) is 18.3. The van der Waals surface area contributed by atoms with Crippen LogP contribution in [-0.4, -0.2) is 32.6 Å². The molecule has 5 nitrogen and oxygen atoms in total. The van der Waals surface area contributed by atoms with E-state index >= 15 is 0 Å². The highest BCUT2D eigenvalue weighted by Gasteiger charge is 2.47. The molecule has 7 heteroatoms. The number of benzene rings is 1. The number of carboxylic acid groups (broad SMARTS) is 1. The third-order valence-corrected chi connectivity index (χ3v) is 6.61. The van der Waals surface area contributed by atoms with E-state index in [1.165, 1.54) is 22.7 Å². The Morgan fingerprint density at radius 2 is 2.11 bits per heavy atom. The van der Waals surface area contributed by atoms with E-state index in [9.17, 15) is 14.3 Å². The van der Waals surface area contributed by atoms with Crippen LogP contribution in [0.1, 0.15) is 58.4 Å². The van der Waals surface area contributed by atoms with Crippen molar-refractivity contribution < 1.29 is 14.3 Å². The highest BCUT2D eigenvalue weighted by Crippen LogP contribution is 2.50. The van der Waals surface area contributed by atoms with Gasteiger partial charge < -0.3 is 10.8 Å². The third kappa shape index (κ3) is 3.79. The minimum Gasteiger partial charge on any atom is -0.465 e. The van der Waals surface area contributed by atoms with Crippen molar-refractivity contribution >= 4 is 28.7 Å². The van der Waals surface area contributed by atoms with Gasteiger partial charge in [0.05, 0.1) is 5.54 Å². The zero-order valence-corrected chi connectivity index (χ0v) is 17.0. The van der Waals surface area contributed by atoms with Gasteiger partial charge in [0, 0.05) is 22.5 Å². The molecule has 0 spiro atoms. The summed E-state index contributed by atoms with van der Waals surface area (Å²) in [5.74, 6) is 0.580. The first-order chi connectivity index (χ1) is 12.6. The lowest BCUT2D eigenvalue weighted by Gasteiger charge is -2.44. The van der Waals surface area contributed by atoms with Crippen LogP contribution in [0.2, 0.25) is 0 Å². The summed E-state index contributed by atoms with van der Waals surface area (Å²) in [7, 11) is 0. The Bertz CT molecular complexity index is 762. The minimum absolute atomic E-state index is 0.167. The second-order valence-electron chi connectivity index (χ2n) is 8.45. The van der Waals surface area contributed by atoms with Crippen molar-refractivity contribution in [3.05, 3.63) is 29.6 Å². The zero-order valence-electron chi connectivity index (χ0n) is 16.2. The van der Waals surface area contributed by atoms with Crippen LogP contribution in [0, 0.1) is 11.7 Å². The van der Waals surface area contributed by atoms with E-state index in [1.54, 1.807) is 12.1 Å². The molecule has 0 bridgehead atoms. The summed E-state index contributed by atoms with van der Waals surface area (Å²) in [6.07, 6.45) is 3.74. The second kappa shape index (κ2) is 7.34. The molecule has 0 radical (unpaired) electrons. The molecule has 1 fully saturated rings. The summed E-state index contributed by atoms with van der Waals surface area (Å²) >= 11 is 1.47. The minimum atomic E-state index is -1.04. The average molecular weight is 394 g/mol. The van der Waals surface area contributed by atoms with Gasteiger partial charge in [-0.15, -0.1) is 0 Å². The predicted molar refractivity (Wildman–Crippen MR) is 109 cm³/mol. The van der Waals surface area contributed by atoms with Crippen molar-refractivity contribution in [2.75, 3.05) is 11.5 Å². The van der Waals surface area contributed by atoms with Crippen LogP contribution < -0.4 is 5.73 Å². The number of amides is 1. The normalized spacial score (nSPS) is 25.9. The molecule has 1 saturated carbocycles. The highest BCUT2D eigenvalue weighted by molar-refractivity contribution is 8.13. The molecule has 1 aromatic rings. The Labute approximate surface area is 164 Å². The molecule has 148 valence electrons. The van der Waals surface area contributed by atoms with Gasteiger partial charge in [0.1, 0.15) is 5.82 Å². The van der Waals surface area contributed by atoms with Crippen LogP contribution in [0.5, 0.6) is 0 Å². The third-order valence-electron chi connectivity index (χ3n) is 5.50. The number of carbonyl (C=O) groups is 1. The molecule has 1 aliphatic carbocycles. The van der Waals surface area contributed by atoms with E-state index in [2.05, 4.69) is 0 Å². The maximum Gasteiger partial charge on any atom is 0.413 e. The van der Waals surface area contributed by atoms with Gasteiger partial charge in [0.2, 0.25) is 0 Å². The summed E-state index contributed by atoms with van der Waals surface area (Å²) in [5.41, 5.74) is 5.60. The molecule has 3 N–H and O–H groups in total. The summed E-state index contributed by atoms with van der Waals surface area (Å²) < 4.78 is 14.9. The number of fused-ring (bicyclic) bond motifs is 1. The topological polar surface area (TPSA) is 78.9 Å². The molecule has 1 aliphatic heterocycles. The van der Waals surface area contributed by atoms with Crippen molar-refractivity contribution in [2.24, 2.45) is 10.9 Å². The molecule has 3 rings (SSSR count). The lowest BCUT2D eigenvalue weighted by molar-refractivity contribution is 0.140. The molecule has 0 saturated heterocycles. The highest BCUT2D eigenvalue weighted by atomic mass is 32.2. The van der Waals surface area contributed by atoms with E-state index in [1.807, 2.05) is 20.8 Å². The summed E-state index contributed by atoms with van der Waals surface area (Å²) in [5, 5.41) is 10.3. The number of rotatable bonds is 1. The largest absolute Gasteiger partial charge is 0.465 e. The van der Waals surface area contributed by atoms with Gasteiger partial charge in [-0.2, -0.15) is 0 Å². The van der Waals surface area contributed by atoms with Gasteiger partial charge in [-0.1, -0.05) is 31.0 Å². The lowest BCUT2D eigenvalue weighted by Crippen LogP contribution is -2.51. The number of hydrogen-bond acceptors (Lipinski definition) is 4. The van der Waals surface area contributed by atoms with E-state index < -0.39 is 17.2 Å². The Hall–Kier alpha value is -1.76. The van der Waals surface area contributed by atoms with E-state index in [0.29, 0.717) is 22.8 Å². The number of nitrogens with zero attached hydrogens (tertiary/aromatic N) is 2. The summed E-state index contributed by atoms with van der Waals surface area (Å²) in [6, 6.07) is 4.64. The van der Waals surface area contributed by atoms with E-state index in [4.69, 9.17) is 10.7 Å². The van der Waals surface area contributed by atoms with Crippen LogP contribution in [-0.2, 0) is 5.54 Å². The van der Waals surface area contributed by atoms with Gasteiger partial charge in [-0.25, -0.2) is 9.18 Å². The maximum atomic E-state index is 14.9. The van der Waals surface area contributed by atoms with Gasteiger partial charge in [-0.05, 0) is 57.7 Å². The Morgan fingerprint density at radius 1 is 1.37 bits per heavy atom. The quantitative estimate of drug-likeness (QED) is 0.653. The number of nitrogen functional groups attached to an aromatic ring is 1. The number of aliphatic imine (C=N–C) groups is 1. The molecule has 1 aromatic carbocycles. The molecule has 1 heterocycles. The van der Waals surface area contributed by atoms with Gasteiger partial charge in [-0.3, -0.25) is 9.89 Å². The van der Waals surface area contributed by atoms with Crippen LogP contribution in [0.25, 0.3) is 0 Å². The van der Waals surface area contributed by atoms with Gasteiger partial charge >= 0.3 is 6.09 Å². The average Bonchev–Trinajstić information content (AvgIpc) is 2.78. The standard InChI is InChI=1S/C20H28FN3O2S/c1-19(2,3)24(18(25)26)17-23-20(15-11-14(22)8-9-16(15)21)10-6-4-5-7-13(20)12-27-17/h8-9,11,13H,4-7,10,12,22H2,1-3H3,(H,25,26)/t13-,20-/m0/s1. The maximum absolute atomic E-state index is 14.9. The van der Waals surface area contributed by atoms with E-state index in [-0.39, 0.29) is 11.7 Å². The molecular weight excluding hydrogens is 365 g/mol. The Kier molecular flexibility index (Phi) is 5.43. The number of hydrogen-bond donors (Lipinski definition) is 2. The number of anilines is 1. The first-order valence-corrected chi connectivity index (χ1v) is 10.4. The van der Waals surface area contributed by atoms with Crippen LogP contribution in [0.3, 0.4) is 0 Å². The van der Waals surface area contributed by atoms with E-state index in [0.717, 1.165) is 31.4 Å². The van der Waals surface area contributed by atoms with Crippen molar-refractivity contribution in [1.29, 1.82) is 0 Å². The Morgan fingerprint density at radius 3 is 2.78 bits per heavy atom. The van der Waals surface area contributed by atoms with Crippen LogP contribution in [0.4, 0.5) is 14.9 Å². The molecular formula is C20H28FN3O2S. The van der Waals surface area contributed by atoms with Crippen molar-refractivity contribution in [3.63, 3.8) is 0 Å². The second-order valence-corrected chi connectivity index (χ2v) is 9.44. The molecule has 27 heavy (non-hydrogen) atoms. The fourth-order valence-electron chi connectivity index (χ4n) is 4.21. The smallest absolute Gasteiger partial charge is 0.413 e.